The van der Waals surface area contributed by atoms with Crippen molar-refractivity contribution in [1.29, 1.82) is 0 Å². The quantitative estimate of drug-likeness (QED) is 0.588. The van der Waals surface area contributed by atoms with E-state index in [-0.39, 0.29) is 25.7 Å². The Bertz CT molecular complexity index is 802. The van der Waals surface area contributed by atoms with Crippen LogP contribution in [0.5, 0.6) is 11.5 Å². The minimum absolute atomic E-state index is 0.0312. The van der Waals surface area contributed by atoms with Gasteiger partial charge in [0.2, 0.25) is 0 Å². The molecule has 0 bridgehead atoms. The zero-order valence-corrected chi connectivity index (χ0v) is 15.0. The van der Waals surface area contributed by atoms with Gasteiger partial charge in [-0.1, -0.05) is 48.2 Å². The molecular weight excluding hydrogens is 326 g/mol. The van der Waals surface area contributed by atoms with E-state index in [0.29, 0.717) is 5.75 Å². The van der Waals surface area contributed by atoms with Crippen molar-refractivity contribution in [3.8, 4) is 23.3 Å². The lowest BCUT2D eigenvalue weighted by molar-refractivity contribution is -0.122. The Morgan fingerprint density at radius 3 is 2.81 bits per heavy atom. The predicted molar refractivity (Wildman–Crippen MR) is 103 cm³/mol. The molecule has 0 saturated heterocycles. The number of nitrogens with one attached hydrogen (secondary N) is 1. The first-order valence-corrected chi connectivity index (χ1v) is 8.42. The van der Waals surface area contributed by atoms with Crippen LogP contribution in [-0.4, -0.2) is 25.7 Å². The zero-order valence-electron chi connectivity index (χ0n) is 15.0. The third-order valence-electron chi connectivity index (χ3n) is 3.50. The van der Waals surface area contributed by atoms with Crippen LogP contribution in [0.2, 0.25) is 0 Å². The Balaban J connectivity index is 1.67. The van der Waals surface area contributed by atoms with Gasteiger partial charge in [-0.2, -0.15) is 0 Å². The lowest BCUT2D eigenvalue weighted by Gasteiger charge is -2.07. The number of carbonyl (C=O) groups excluding carboxylic acids is 1. The number of rotatable bonds is 8. The maximum absolute atomic E-state index is 11.7. The van der Waals surface area contributed by atoms with E-state index < -0.39 is 0 Å². The van der Waals surface area contributed by atoms with Crippen LogP contribution in [-0.2, 0) is 11.2 Å². The van der Waals surface area contributed by atoms with E-state index in [2.05, 4.69) is 23.7 Å². The van der Waals surface area contributed by atoms with Crippen LogP contribution in [0.3, 0.4) is 0 Å². The number of para-hydroxylation sites is 1. The minimum Gasteiger partial charge on any atom is -0.484 e. The van der Waals surface area contributed by atoms with Crippen molar-refractivity contribution in [2.75, 3.05) is 19.8 Å². The molecule has 0 fully saturated rings. The van der Waals surface area contributed by atoms with Gasteiger partial charge < -0.3 is 14.8 Å². The second kappa shape index (κ2) is 10.6. The van der Waals surface area contributed by atoms with Gasteiger partial charge in [0.15, 0.2) is 6.61 Å². The molecule has 2 rings (SSSR count). The topological polar surface area (TPSA) is 47.6 Å². The third-order valence-corrected chi connectivity index (χ3v) is 3.50. The summed E-state index contributed by atoms with van der Waals surface area (Å²) in [6.45, 7) is 6.21. The first kappa shape index (κ1) is 19.1. The standard InChI is InChI=1S/C22H23NO3/c1-3-9-19-11-4-5-13-21(19)25-15-7-6-14-23-22(24)17-26-20-12-8-10-18(2)16-20/h3-5,8,10-13,16H,1,9,14-15,17H2,2H3,(H,23,24). The highest BCUT2D eigenvalue weighted by molar-refractivity contribution is 5.77. The van der Waals surface area contributed by atoms with Crippen molar-refractivity contribution in [2.24, 2.45) is 0 Å². The summed E-state index contributed by atoms with van der Waals surface area (Å²) in [5.41, 5.74) is 2.16. The largest absolute Gasteiger partial charge is 0.484 e. The number of hydrogen-bond acceptors (Lipinski definition) is 3. The van der Waals surface area contributed by atoms with E-state index in [1.54, 1.807) is 0 Å². The SMILES string of the molecule is C=CCc1ccccc1OCC#CCNC(=O)COc1cccc(C)c1. The van der Waals surface area contributed by atoms with Gasteiger partial charge >= 0.3 is 0 Å². The van der Waals surface area contributed by atoms with Crippen LogP contribution < -0.4 is 14.8 Å². The fraction of sp³-hybridized carbons (Fsp3) is 0.227. The number of amides is 1. The summed E-state index contributed by atoms with van der Waals surface area (Å²) in [7, 11) is 0. The Labute approximate surface area is 154 Å². The van der Waals surface area contributed by atoms with E-state index in [4.69, 9.17) is 9.47 Å². The van der Waals surface area contributed by atoms with Crippen LogP contribution >= 0.6 is 0 Å². The minimum atomic E-state index is -0.210. The van der Waals surface area contributed by atoms with Gasteiger partial charge in [0.25, 0.3) is 5.91 Å². The number of allylic oxidation sites excluding steroid dienone is 1. The average Bonchev–Trinajstić information content (AvgIpc) is 2.64. The summed E-state index contributed by atoms with van der Waals surface area (Å²) >= 11 is 0. The fourth-order valence-corrected chi connectivity index (χ4v) is 2.24. The maximum Gasteiger partial charge on any atom is 0.258 e. The Morgan fingerprint density at radius 2 is 2.00 bits per heavy atom. The summed E-state index contributed by atoms with van der Waals surface area (Å²) in [4.78, 5) is 11.7. The molecule has 0 radical (unpaired) electrons. The number of ether oxygens (including phenoxy) is 2. The van der Waals surface area contributed by atoms with Gasteiger partial charge in [0.05, 0.1) is 6.54 Å². The Kier molecular flexibility index (Phi) is 7.82. The molecule has 0 aliphatic carbocycles. The summed E-state index contributed by atoms with van der Waals surface area (Å²) in [6, 6.07) is 15.4. The van der Waals surface area contributed by atoms with Crippen molar-refractivity contribution < 1.29 is 14.3 Å². The molecule has 0 heterocycles. The van der Waals surface area contributed by atoms with Crippen LogP contribution in [0.15, 0.2) is 61.2 Å². The smallest absolute Gasteiger partial charge is 0.258 e. The fourth-order valence-electron chi connectivity index (χ4n) is 2.24. The van der Waals surface area contributed by atoms with E-state index in [0.717, 1.165) is 23.3 Å². The Hall–Kier alpha value is -3.19. The first-order valence-electron chi connectivity index (χ1n) is 8.42. The number of aryl methyl sites for hydroxylation is 1. The molecule has 1 N–H and O–H groups in total. The molecule has 26 heavy (non-hydrogen) atoms. The van der Waals surface area contributed by atoms with E-state index in [1.165, 1.54) is 0 Å². The van der Waals surface area contributed by atoms with Crippen LogP contribution in [0.1, 0.15) is 11.1 Å². The van der Waals surface area contributed by atoms with Gasteiger partial charge in [0.1, 0.15) is 18.1 Å². The molecule has 0 aromatic heterocycles. The number of hydrogen-bond donors (Lipinski definition) is 1. The number of carbonyl (C=O) groups is 1. The highest BCUT2D eigenvalue weighted by Gasteiger charge is 2.01. The predicted octanol–water partition coefficient (Wildman–Crippen LogP) is 3.30. The molecule has 134 valence electrons. The van der Waals surface area contributed by atoms with Crippen LogP contribution in [0.4, 0.5) is 0 Å². The van der Waals surface area contributed by atoms with Gasteiger partial charge in [-0.3, -0.25) is 4.79 Å². The second-order valence-electron chi connectivity index (χ2n) is 5.62. The lowest BCUT2D eigenvalue weighted by Crippen LogP contribution is -2.29. The molecule has 0 aliphatic heterocycles. The molecule has 0 atom stereocenters. The van der Waals surface area contributed by atoms with Crippen molar-refractivity contribution in [2.45, 2.75) is 13.3 Å². The van der Waals surface area contributed by atoms with Crippen LogP contribution in [0.25, 0.3) is 0 Å². The molecule has 0 aliphatic rings. The zero-order chi connectivity index (χ0) is 18.6. The van der Waals surface area contributed by atoms with Gasteiger partial charge in [-0.05, 0) is 42.7 Å². The van der Waals surface area contributed by atoms with E-state index in [9.17, 15) is 4.79 Å². The summed E-state index contributed by atoms with van der Waals surface area (Å²) < 4.78 is 11.1. The third kappa shape index (κ3) is 6.74. The molecule has 2 aromatic carbocycles. The van der Waals surface area contributed by atoms with E-state index >= 15 is 0 Å². The highest BCUT2D eigenvalue weighted by Crippen LogP contribution is 2.18. The van der Waals surface area contributed by atoms with Crippen molar-refractivity contribution in [3.63, 3.8) is 0 Å². The molecule has 4 nitrogen and oxygen atoms in total. The summed E-state index contributed by atoms with van der Waals surface area (Å²) in [5, 5.41) is 2.69. The summed E-state index contributed by atoms with van der Waals surface area (Å²) in [5.74, 6) is 7.02. The highest BCUT2D eigenvalue weighted by atomic mass is 16.5. The molecule has 2 aromatic rings. The normalized spacial score (nSPS) is 9.58. The average molecular weight is 349 g/mol. The number of benzene rings is 2. The molecule has 0 unspecified atom stereocenters. The molecular formula is C22H23NO3. The van der Waals surface area contributed by atoms with Crippen molar-refractivity contribution in [1.82, 2.24) is 5.32 Å². The van der Waals surface area contributed by atoms with Crippen molar-refractivity contribution in [3.05, 3.63) is 72.3 Å². The van der Waals surface area contributed by atoms with Gasteiger partial charge in [-0.25, -0.2) is 0 Å². The maximum atomic E-state index is 11.7. The van der Waals surface area contributed by atoms with Crippen LogP contribution in [0, 0.1) is 18.8 Å². The van der Waals surface area contributed by atoms with E-state index in [1.807, 2.05) is 61.5 Å². The lowest BCUT2D eigenvalue weighted by atomic mass is 10.1. The van der Waals surface area contributed by atoms with Crippen molar-refractivity contribution >= 4 is 5.91 Å². The Morgan fingerprint density at radius 1 is 1.15 bits per heavy atom. The molecule has 0 saturated carbocycles. The van der Waals surface area contributed by atoms with Gasteiger partial charge in [-0.15, -0.1) is 6.58 Å². The monoisotopic (exact) mass is 349 g/mol. The first-order chi connectivity index (χ1) is 12.7. The van der Waals surface area contributed by atoms with Gasteiger partial charge in [0, 0.05) is 0 Å². The molecule has 1 amide bonds. The second-order valence-corrected chi connectivity index (χ2v) is 5.62. The molecule has 0 spiro atoms. The molecule has 4 heteroatoms. The summed E-state index contributed by atoms with van der Waals surface area (Å²) in [6.07, 6.45) is 2.59.